The van der Waals surface area contributed by atoms with Gasteiger partial charge in [0.2, 0.25) is 0 Å². The molecule has 0 saturated carbocycles. The average molecular weight is 275 g/mol. The van der Waals surface area contributed by atoms with E-state index in [2.05, 4.69) is 16.3 Å². The molecule has 19 heavy (non-hydrogen) atoms. The number of nitrogens with zero attached hydrogens (tertiary/aromatic N) is 1. The van der Waals surface area contributed by atoms with Crippen LogP contribution < -0.4 is 4.74 Å². The van der Waals surface area contributed by atoms with E-state index in [-0.39, 0.29) is 0 Å². The maximum Gasteiger partial charge on any atom is 0.120 e. The van der Waals surface area contributed by atoms with Gasteiger partial charge in [-0.3, -0.25) is 4.90 Å². The van der Waals surface area contributed by atoms with Gasteiger partial charge in [0.05, 0.1) is 7.11 Å². The first-order valence-electron chi connectivity index (χ1n) is 6.40. The minimum atomic E-state index is 0.344. The van der Waals surface area contributed by atoms with Crippen molar-refractivity contribution in [2.75, 3.05) is 13.7 Å². The number of hydrogen-bond donors (Lipinski definition) is 1. The number of benzene rings is 1. The second-order valence-electron chi connectivity index (χ2n) is 4.82. The maximum absolute atomic E-state index is 9.94. The van der Waals surface area contributed by atoms with Crippen LogP contribution in [0.25, 0.3) is 0 Å². The Labute approximate surface area is 117 Å². The predicted molar refractivity (Wildman–Crippen MR) is 76.8 cm³/mol. The minimum Gasteiger partial charge on any atom is -0.508 e. The molecule has 3 nitrogen and oxygen atoms in total. The van der Waals surface area contributed by atoms with E-state index in [0.717, 1.165) is 37.4 Å². The molecule has 4 heteroatoms. The van der Waals surface area contributed by atoms with Gasteiger partial charge < -0.3 is 9.84 Å². The van der Waals surface area contributed by atoms with Gasteiger partial charge in [0.15, 0.2) is 0 Å². The highest BCUT2D eigenvalue weighted by Crippen LogP contribution is 2.28. The van der Waals surface area contributed by atoms with Gasteiger partial charge in [-0.05, 0) is 41.6 Å². The molecule has 0 aliphatic carbocycles. The Bertz CT molecular complexity index is 579. The van der Waals surface area contributed by atoms with Gasteiger partial charge in [-0.1, -0.05) is 0 Å². The third kappa shape index (κ3) is 2.60. The molecule has 2 heterocycles. The van der Waals surface area contributed by atoms with Crippen molar-refractivity contribution >= 4 is 11.3 Å². The molecule has 1 aromatic carbocycles. The van der Waals surface area contributed by atoms with Crippen LogP contribution in [0, 0.1) is 0 Å². The van der Waals surface area contributed by atoms with E-state index in [9.17, 15) is 5.11 Å². The molecule has 3 rings (SSSR count). The Morgan fingerprint density at radius 1 is 1.37 bits per heavy atom. The number of hydrogen-bond acceptors (Lipinski definition) is 4. The first kappa shape index (κ1) is 12.5. The SMILES string of the molecule is COc1ccc(O)c(CN2CCc3sccc3C2)c1. The second kappa shape index (κ2) is 5.23. The number of rotatable bonds is 3. The summed E-state index contributed by atoms with van der Waals surface area (Å²) in [6, 6.07) is 7.61. The van der Waals surface area contributed by atoms with E-state index < -0.39 is 0 Å². The summed E-state index contributed by atoms with van der Waals surface area (Å²) in [6.07, 6.45) is 1.11. The number of aromatic hydroxyl groups is 1. The van der Waals surface area contributed by atoms with Crippen LogP contribution in [0.5, 0.6) is 11.5 Å². The van der Waals surface area contributed by atoms with Crippen molar-refractivity contribution in [2.45, 2.75) is 19.5 Å². The van der Waals surface area contributed by atoms with Gasteiger partial charge >= 0.3 is 0 Å². The zero-order chi connectivity index (χ0) is 13.2. The number of phenolic OH excluding ortho intramolecular Hbond substituents is 1. The fraction of sp³-hybridized carbons (Fsp3) is 0.333. The number of ether oxygens (including phenoxy) is 1. The molecule has 0 spiro atoms. The molecule has 0 fully saturated rings. The fourth-order valence-electron chi connectivity index (χ4n) is 2.50. The monoisotopic (exact) mass is 275 g/mol. The molecule has 0 saturated heterocycles. The third-order valence-corrected chi connectivity index (χ3v) is 4.59. The molecule has 1 N–H and O–H groups in total. The Morgan fingerprint density at radius 3 is 3.11 bits per heavy atom. The molecule has 0 atom stereocenters. The normalized spacial score (nSPS) is 15.2. The van der Waals surface area contributed by atoms with Crippen molar-refractivity contribution in [1.82, 2.24) is 4.90 Å². The van der Waals surface area contributed by atoms with Crippen LogP contribution in [0.4, 0.5) is 0 Å². The average Bonchev–Trinajstić information content (AvgIpc) is 2.89. The van der Waals surface area contributed by atoms with E-state index in [0.29, 0.717) is 5.75 Å². The summed E-state index contributed by atoms with van der Waals surface area (Å²) in [5.41, 5.74) is 2.36. The van der Waals surface area contributed by atoms with E-state index in [4.69, 9.17) is 4.74 Å². The van der Waals surface area contributed by atoms with Crippen LogP contribution in [0.3, 0.4) is 0 Å². The lowest BCUT2D eigenvalue weighted by atomic mass is 10.1. The molecule has 2 aromatic rings. The highest BCUT2D eigenvalue weighted by atomic mass is 32.1. The van der Waals surface area contributed by atoms with Crippen molar-refractivity contribution in [3.8, 4) is 11.5 Å². The van der Waals surface area contributed by atoms with Gasteiger partial charge in [0, 0.05) is 30.1 Å². The first-order valence-corrected chi connectivity index (χ1v) is 7.27. The van der Waals surface area contributed by atoms with Crippen molar-refractivity contribution < 1.29 is 9.84 Å². The lowest BCUT2D eigenvalue weighted by Crippen LogP contribution is -2.29. The molecule has 100 valence electrons. The van der Waals surface area contributed by atoms with Gasteiger partial charge in [-0.2, -0.15) is 0 Å². The topological polar surface area (TPSA) is 32.7 Å². The van der Waals surface area contributed by atoms with Crippen LogP contribution in [0.15, 0.2) is 29.6 Å². The van der Waals surface area contributed by atoms with Crippen LogP contribution in [-0.2, 0) is 19.5 Å². The Hall–Kier alpha value is -1.52. The third-order valence-electron chi connectivity index (χ3n) is 3.57. The number of phenols is 1. The highest BCUT2D eigenvalue weighted by Gasteiger charge is 2.18. The molecule has 0 unspecified atom stereocenters. The van der Waals surface area contributed by atoms with Crippen LogP contribution in [-0.4, -0.2) is 23.7 Å². The van der Waals surface area contributed by atoms with Gasteiger partial charge in [-0.25, -0.2) is 0 Å². The largest absolute Gasteiger partial charge is 0.508 e. The zero-order valence-corrected chi connectivity index (χ0v) is 11.7. The molecule has 1 aliphatic rings. The molecule has 0 radical (unpaired) electrons. The maximum atomic E-state index is 9.94. The number of fused-ring (bicyclic) bond motifs is 1. The molecule has 1 aromatic heterocycles. The second-order valence-corrected chi connectivity index (χ2v) is 5.82. The summed E-state index contributed by atoms with van der Waals surface area (Å²) in [5.74, 6) is 1.14. The van der Waals surface area contributed by atoms with E-state index in [1.54, 1.807) is 19.2 Å². The van der Waals surface area contributed by atoms with Crippen molar-refractivity contribution in [1.29, 1.82) is 0 Å². The first-order chi connectivity index (χ1) is 9.26. The van der Waals surface area contributed by atoms with Gasteiger partial charge in [0.1, 0.15) is 11.5 Å². The minimum absolute atomic E-state index is 0.344. The quantitative estimate of drug-likeness (QED) is 0.934. The smallest absolute Gasteiger partial charge is 0.120 e. The Kier molecular flexibility index (Phi) is 3.44. The van der Waals surface area contributed by atoms with Crippen molar-refractivity contribution in [2.24, 2.45) is 0 Å². The van der Waals surface area contributed by atoms with Crippen LogP contribution in [0.1, 0.15) is 16.0 Å². The number of thiophene rings is 1. The van der Waals surface area contributed by atoms with Crippen LogP contribution >= 0.6 is 11.3 Å². The van der Waals surface area contributed by atoms with Crippen molar-refractivity contribution in [3.05, 3.63) is 45.6 Å². The zero-order valence-electron chi connectivity index (χ0n) is 10.9. The lowest BCUT2D eigenvalue weighted by Gasteiger charge is -2.27. The molecular weight excluding hydrogens is 258 g/mol. The van der Waals surface area contributed by atoms with E-state index in [1.165, 1.54) is 10.4 Å². The molecule has 1 aliphatic heterocycles. The number of methoxy groups -OCH3 is 1. The Morgan fingerprint density at radius 2 is 2.26 bits per heavy atom. The predicted octanol–water partition coefficient (Wildman–Crippen LogP) is 3.02. The molecular formula is C15H17NO2S. The van der Waals surface area contributed by atoms with Gasteiger partial charge in [0.25, 0.3) is 0 Å². The summed E-state index contributed by atoms with van der Waals surface area (Å²) < 4.78 is 5.21. The molecule has 0 bridgehead atoms. The summed E-state index contributed by atoms with van der Waals surface area (Å²) >= 11 is 1.85. The highest BCUT2D eigenvalue weighted by molar-refractivity contribution is 7.10. The molecule has 0 amide bonds. The fourth-order valence-corrected chi connectivity index (χ4v) is 3.39. The van der Waals surface area contributed by atoms with Crippen molar-refractivity contribution in [3.63, 3.8) is 0 Å². The van der Waals surface area contributed by atoms with Crippen LogP contribution in [0.2, 0.25) is 0 Å². The summed E-state index contributed by atoms with van der Waals surface area (Å²) in [7, 11) is 1.65. The summed E-state index contributed by atoms with van der Waals surface area (Å²) in [5, 5.41) is 12.1. The van der Waals surface area contributed by atoms with E-state index >= 15 is 0 Å². The Balaban J connectivity index is 1.76. The van der Waals surface area contributed by atoms with Gasteiger partial charge in [-0.15, -0.1) is 11.3 Å². The van der Waals surface area contributed by atoms with E-state index in [1.807, 2.05) is 17.4 Å². The lowest BCUT2D eigenvalue weighted by molar-refractivity contribution is 0.244. The summed E-state index contributed by atoms with van der Waals surface area (Å²) in [4.78, 5) is 3.87. The summed E-state index contributed by atoms with van der Waals surface area (Å²) in [6.45, 7) is 2.78. The standard InChI is InChI=1S/C15H17NO2S/c1-18-13-2-3-14(17)12(8-13)10-16-6-4-15-11(9-16)5-7-19-15/h2-3,5,7-8,17H,4,6,9-10H2,1H3.